The molecule has 3 heterocycles. The Balaban J connectivity index is 0.00000353. The van der Waals surface area contributed by atoms with Crippen molar-refractivity contribution in [3.05, 3.63) is 108 Å². The first-order valence-electron chi connectivity index (χ1n) is 12.4. The number of rotatable bonds is 6. The number of carbonyl (C=O) groups is 1. The molecule has 0 atom stereocenters. The summed E-state index contributed by atoms with van der Waals surface area (Å²) in [7, 11) is 0. The van der Waals surface area contributed by atoms with Crippen LogP contribution in [0.4, 0.5) is 18.9 Å². The Morgan fingerprint density at radius 2 is 1.62 bits per heavy atom. The molecule has 0 radical (unpaired) electrons. The van der Waals surface area contributed by atoms with Gasteiger partial charge in [-0.3, -0.25) is 24.8 Å². The monoisotopic (exact) mass is 554 g/mol. The molecule has 1 saturated heterocycles. The number of aromatic nitrogens is 2. The summed E-state index contributed by atoms with van der Waals surface area (Å²) in [5.41, 5.74) is 7.36. The Hall–Kier alpha value is -3.82. The lowest BCUT2D eigenvalue weighted by Gasteiger charge is -2.36. The van der Waals surface area contributed by atoms with Gasteiger partial charge in [0.25, 0.3) is 5.91 Å². The van der Waals surface area contributed by atoms with Crippen molar-refractivity contribution in [2.45, 2.75) is 19.6 Å². The van der Waals surface area contributed by atoms with Crippen molar-refractivity contribution in [1.29, 1.82) is 0 Å². The molecule has 6 nitrogen and oxygen atoms in total. The van der Waals surface area contributed by atoms with Gasteiger partial charge in [0.2, 0.25) is 0 Å². The third kappa shape index (κ3) is 6.43. The van der Waals surface area contributed by atoms with Crippen LogP contribution in [0.5, 0.6) is 0 Å². The predicted molar refractivity (Wildman–Crippen MR) is 141 cm³/mol. The van der Waals surface area contributed by atoms with E-state index in [9.17, 15) is 18.0 Å². The van der Waals surface area contributed by atoms with E-state index in [0.29, 0.717) is 44.0 Å². The summed E-state index contributed by atoms with van der Waals surface area (Å²) in [5, 5.41) is 0. The van der Waals surface area contributed by atoms with Crippen molar-refractivity contribution in [2.24, 2.45) is 0 Å². The van der Waals surface area contributed by atoms with Gasteiger partial charge < -0.3 is 17.3 Å². The van der Waals surface area contributed by atoms with E-state index in [1.165, 1.54) is 12.1 Å². The normalized spacial score (nSPS) is 14.1. The van der Waals surface area contributed by atoms with Gasteiger partial charge in [-0.2, -0.15) is 13.2 Å². The molecular weight excluding hydrogens is 527 g/mol. The van der Waals surface area contributed by atoms with Crippen LogP contribution in [0.2, 0.25) is 0 Å². The average Bonchev–Trinajstić information content (AvgIpc) is 3.24. The van der Waals surface area contributed by atoms with Gasteiger partial charge in [0, 0.05) is 67.6 Å². The fourth-order valence-electron chi connectivity index (χ4n) is 4.74. The molecule has 2 aromatic heterocycles. The van der Waals surface area contributed by atoms with E-state index in [0.717, 1.165) is 28.6 Å². The van der Waals surface area contributed by atoms with Crippen LogP contribution < -0.4 is 22.7 Å². The van der Waals surface area contributed by atoms with Crippen LogP contribution in [-0.2, 0) is 12.7 Å². The van der Waals surface area contributed by atoms with Crippen molar-refractivity contribution in [2.75, 3.05) is 36.5 Å². The molecule has 1 aliphatic rings. The van der Waals surface area contributed by atoms with Gasteiger partial charge in [-0.25, -0.2) is 0 Å². The van der Waals surface area contributed by atoms with E-state index in [2.05, 4.69) is 21.4 Å². The number of piperazine rings is 1. The molecule has 5 rings (SSSR count). The molecule has 0 bridgehead atoms. The van der Waals surface area contributed by atoms with E-state index in [1.54, 1.807) is 30.6 Å². The molecule has 10 heteroatoms. The minimum atomic E-state index is -4.36. The molecule has 0 spiro atoms. The molecular formula is C29H28ClF3N5O-. The summed E-state index contributed by atoms with van der Waals surface area (Å²) in [5.74, 6) is -0.232. The first-order valence-corrected chi connectivity index (χ1v) is 12.4. The number of nitrogens with zero attached hydrogens (tertiary/aromatic N) is 4. The van der Waals surface area contributed by atoms with Crippen LogP contribution in [0, 0.1) is 6.92 Å². The Morgan fingerprint density at radius 3 is 2.28 bits per heavy atom. The Labute approximate surface area is 231 Å². The van der Waals surface area contributed by atoms with Gasteiger partial charge in [0.15, 0.2) is 0 Å². The van der Waals surface area contributed by atoms with Crippen LogP contribution in [-0.4, -0.2) is 46.6 Å². The first-order chi connectivity index (χ1) is 18.3. The SMILES string of the molecule is Cc1c(CN2CCN(c3cccc(C(F)(F)F)c3)CC2)cc(-c2ccccc2)n1NC(=O)c1ccncc1.[Cl-]. The number of nitrogens with one attached hydrogen (secondary N) is 1. The molecule has 0 unspecified atom stereocenters. The standard InChI is InChI=1S/C29H28F3N5O.ClH/c1-21-24(20-35-14-16-36(17-15-35)26-9-5-8-25(19-26)29(30,31)32)18-27(22-6-3-2-4-7-22)37(21)34-28(38)23-10-12-33-13-11-23;/h2-13,18-19H,14-17,20H2,1H3,(H,34,38);1H/p-1. The molecule has 0 aliphatic carbocycles. The summed E-state index contributed by atoms with van der Waals surface area (Å²) in [4.78, 5) is 21.2. The summed E-state index contributed by atoms with van der Waals surface area (Å²) < 4.78 is 41.3. The summed E-state index contributed by atoms with van der Waals surface area (Å²) in [6.07, 6.45) is -1.19. The number of hydrogen-bond donors (Lipinski definition) is 1. The topological polar surface area (TPSA) is 53.4 Å². The predicted octanol–water partition coefficient (Wildman–Crippen LogP) is 2.59. The highest BCUT2D eigenvalue weighted by Gasteiger charge is 2.31. The third-order valence-corrected chi connectivity index (χ3v) is 6.88. The van der Waals surface area contributed by atoms with E-state index < -0.39 is 11.7 Å². The smallest absolute Gasteiger partial charge is 0.416 e. The maximum atomic E-state index is 13.2. The van der Waals surface area contributed by atoms with Crippen molar-refractivity contribution in [3.8, 4) is 11.3 Å². The van der Waals surface area contributed by atoms with Crippen molar-refractivity contribution >= 4 is 11.6 Å². The molecule has 1 N–H and O–H groups in total. The van der Waals surface area contributed by atoms with Crippen LogP contribution >= 0.6 is 0 Å². The lowest BCUT2D eigenvalue weighted by Crippen LogP contribution is -3.00. The second-order valence-corrected chi connectivity index (χ2v) is 9.33. The Kier molecular flexibility index (Phi) is 8.62. The van der Waals surface area contributed by atoms with Gasteiger partial charge in [0.05, 0.1) is 11.3 Å². The van der Waals surface area contributed by atoms with E-state index in [1.807, 2.05) is 46.8 Å². The summed E-state index contributed by atoms with van der Waals surface area (Å²) in [6, 6.07) is 20.8. The van der Waals surface area contributed by atoms with Crippen LogP contribution in [0.15, 0.2) is 85.2 Å². The molecule has 39 heavy (non-hydrogen) atoms. The Morgan fingerprint density at radius 1 is 0.923 bits per heavy atom. The summed E-state index contributed by atoms with van der Waals surface area (Å²) in [6.45, 7) is 5.33. The van der Waals surface area contributed by atoms with Crippen molar-refractivity contribution in [3.63, 3.8) is 0 Å². The number of anilines is 1. The Bertz CT molecular complexity index is 1400. The van der Waals surface area contributed by atoms with Crippen LogP contribution in [0.3, 0.4) is 0 Å². The van der Waals surface area contributed by atoms with Crippen LogP contribution in [0.25, 0.3) is 11.3 Å². The number of halogens is 4. The number of hydrogen-bond acceptors (Lipinski definition) is 4. The van der Waals surface area contributed by atoms with Gasteiger partial charge in [0.1, 0.15) is 0 Å². The number of carbonyl (C=O) groups excluding carboxylic acids is 1. The van der Waals surface area contributed by atoms with Gasteiger partial charge in [-0.15, -0.1) is 0 Å². The number of amides is 1. The number of alkyl halides is 3. The minimum Gasteiger partial charge on any atom is -1.00 e. The molecule has 1 fully saturated rings. The molecule has 1 aliphatic heterocycles. The average molecular weight is 555 g/mol. The highest BCUT2D eigenvalue weighted by atomic mass is 35.5. The second kappa shape index (κ2) is 11.9. The highest BCUT2D eigenvalue weighted by Crippen LogP contribution is 2.32. The lowest BCUT2D eigenvalue weighted by molar-refractivity contribution is -0.137. The number of pyridine rings is 1. The molecule has 2 aromatic carbocycles. The third-order valence-electron chi connectivity index (χ3n) is 6.88. The largest absolute Gasteiger partial charge is 1.00 e. The quantitative estimate of drug-likeness (QED) is 0.398. The fourth-order valence-corrected chi connectivity index (χ4v) is 4.74. The van der Waals surface area contributed by atoms with E-state index >= 15 is 0 Å². The van der Waals surface area contributed by atoms with Gasteiger partial charge in [-0.1, -0.05) is 36.4 Å². The lowest BCUT2D eigenvalue weighted by atomic mass is 10.1. The minimum absolute atomic E-state index is 0. The first kappa shape index (κ1) is 28.2. The summed E-state index contributed by atoms with van der Waals surface area (Å²) >= 11 is 0. The highest BCUT2D eigenvalue weighted by molar-refractivity contribution is 6.00. The zero-order valence-electron chi connectivity index (χ0n) is 21.3. The maximum Gasteiger partial charge on any atom is 0.416 e. The van der Waals surface area contributed by atoms with Gasteiger partial charge >= 0.3 is 6.18 Å². The maximum absolute atomic E-state index is 13.2. The molecule has 1 amide bonds. The van der Waals surface area contributed by atoms with E-state index in [-0.39, 0.29) is 18.3 Å². The zero-order chi connectivity index (χ0) is 26.7. The number of benzene rings is 2. The van der Waals surface area contributed by atoms with Crippen molar-refractivity contribution in [1.82, 2.24) is 14.6 Å². The zero-order valence-corrected chi connectivity index (χ0v) is 22.1. The van der Waals surface area contributed by atoms with Crippen molar-refractivity contribution < 1.29 is 30.4 Å². The molecule has 204 valence electrons. The molecule has 4 aromatic rings. The van der Waals surface area contributed by atoms with Gasteiger partial charge in [-0.05, 0) is 48.9 Å². The van der Waals surface area contributed by atoms with Crippen LogP contribution in [0.1, 0.15) is 27.2 Å². The second-order valence-electron chi connectivity index (χ2n) is 9.33. The fraction of sp³-hybridized carbons (Fsp3) is 0.241. The molecule has 0 saturated carbocycles. The van der Waals surface area contributed by atoms with E-state index in [4.69, 9.17) is 0 Å².